The van der Waals surface area contributed by atoms with Crippen molar-refractivity contribution in [2.75, 3.05) is 7.11 Å². The molecule has 4 rings (SSSR count). The summed E-state index contributed by atoms with van der Waals surface area (Å²) in [5.74, 6) is 0.957. The Labute approximate surface area is 156 Å². The molecule has 0 aliphatic carbocycles. The van der Waals surface area contributed by atoms with Gasteiger partial charge >= 0.3 is 0 Å². The molecule has 0 saturated carbocycles. The zero-order chi connectivity index (χ0) is 18.8. The maximum absolute atomic E-state index is 13.3. The van der Waals surface area contributed by atoms with Gasteiger partial charge in [-0.05, 0) is 17.7 Å². The van der Waals surface area contributed by atoms with E-state index in [4.69, 9.17) is 9.15 Å². The van der Waals surface area contributed by atoms with E-state index < -0.39 is 6.10 Å². The number of rotatable bonds is 4. The van der Waals surface area contributed by atoms with E-state index in [0.29, 0.717) is 28.0 Å². The monoisotopic (exact) mass is 358 g/mol. The van der Waals surface area contributed by atoms with E-state index in [1.54, 1.807) is 37.4 Å². The van der Waals surface area contributed by atoms with Crippen LogP contribution in [0, 0.1) is 0 Å². The van der Waals surface area contributed by atoms with Crippen molar-refractivity contribution in [3.05, 3.63) is 100 Å². The highest BCUT2D eigenvalue weighted by Gasteiger charge is 2.23. The van der Waals surface area contributed by atoms with E-state index in [-0.39, 0.29) is 11.0 Å². The number of ether oxygens (including phenoxy) is 1. The molecule has 134 valence electrons. The molecule has 0 aliphatic rings. The second-order valence-electron chi connectivity index (χ2n) is 6.22. The summed E-state index contributed by atoms with van der Waals surface area (Å²) in [7, 11) is 1.56. The zero-order valence-corrected chi connectivity index (χ0v) is 14.8. The summed E-state index contributed by atoms with van der Waals surface area (Å²) in [6.07, 6.45) is -1.09. The summed E-state index contributed by atoms with van der Waals surface area (Å²) in [5, 5.41) is 11.4. The van der Waals surface area contributed by atoms with Crippen molar-refractivity contribution in [1.29, 1.82) is 0 Å². The van der Waals surface area contributed by atoms with Crippen molar-refractivity contribution in [3.8, 4) is 17.1 Å². The molecule has 0 radical (unpaired) electrons. The van der Waals surface area contributed by atoms with Gasteiger partial charge in [-0.1, -0.05) is 60.7 Å². The predicted molar refractivity (Wildman–Crippen MR) is 105 cm³/mol. The van der Waals surface area contributed by atoms with Gasteiger partial charge in [0.05, 0.1) is 18.1 Å². The maximum Gasteiger partial charge on any atom is 0.199 e. The first kappa shape index (κ1) is 17.1. The Kier molecular flexibility index (Phi) is 4.48. The van der Waals surface area contributed by atoms with Crippen LogP contribution in [-0.2, 0) is 0 Å². The Morgan fingerprint density at radius 1 is 0.926 bits per heavy atom. The number of hydrogen-bond donors (Lipinski definition) is 1. The minimum atomic E-state index is -1.09. The van der Waals surface area contributed by atoms with E-state index in [0.717, 1.165) is 5.56 Å². The Morgan fingerprint density at radius 2 is 1.59 bits per heavy atom. The van der Waals surface area contributed by atoms with E-state index in [1.165, 1.54) is 0 Å². The van der Waals surface area contributed by atoms with Crippen molar-refractivity contribution in [2.24, 2.45) is 0 Å². The highest BCUT2D eigenvalue weighted by atomic mass is 16.5. The Hall–Kier alpha value is -3.37. The van der Waals surface area contributed by atoms with Crippen LogP contribution in [0.25, 0.3) is 22.3 Å². The third-order valence-electron chi connectivity index (χ3n) is 4.56. The van der Waals surface area contributed by atoms with E-state index in [1.807, 2.05) is 48.5 Å². The molecule has 0 saturated heterocycles. The lowest BCUT2D eigenvalue weighted by Gasteiger charge is -2.16. The molecule has 1 atom stereocenters. The molecule has 0 aliphatic heterocycles. The molecule has 4 heteroatoms. The first-order valence-corrected chi connectivity index (χ1v) is 8.62. The molecule has 0 spiro atoms. The number of fused-ring (bicyclic) bond motifs is 1. The van der Waals surface area contributed by atoms with Crippen molar-refractivity contribution >= 4 is 11.0 Å². The molecule has 0 fully saturated rings. The summed E-state index contributed by atoms with van der Waals surface area (Å²) < 4.78 is 11.3. The lowest BCUT2D eigenvalue weighted by atomic mass is 9.96. The van der Waals surface area contributed by atoms with Gasteiger partial charge in [0.1, 0.15) is 23.2 Å². The van der Waals surface area contributed by atoms with Crippen molar-refractivity contribution < 1.29 is 14.3 Å². The summed E-state index contributed by atoms with van der Waals surface area (Å²) in [4.78, 5) is 13.3. The van der Waals surface area contributed by atoms with Crippen LogP contribution in [0.3, 0.4) is 0 Å². The molecule has 0 amide bonds. The lowest BCUT2D eigenvalue weighted by molar-refractivity contribution is 0.217. The Balaban J connectivity index is 2.03. The third-order valence-corrected chi connectivity index (χ3v) is 4.56. The van der Waals surface area contributed by atoms with Crippen LogP contribution < -0.4 is 10.2 Å². The number of hydrogen-bond acceptors (Lipinski definition) is 4. The van der Waals surface area contributed by atoms with Crippen LogP contribution in [-0.4, -0.2) is 12.2 Å². The van der Waals surface area contributed by atoms with Gasteiger partial charge in [0.25, 0.3) is 0 Å². The zero-order valence-electron chi connectivity index (χ0n) is 14.8. The number of aliphatic hydroxyl groups excluding tert-OH is 1. The molecular weight excluding hydrogens is 340 g/mol. The number of methoxy groups -OCH3 is 1. The molecule has 4 nitrogen and oxygen atoms in total. The largest absolute Gasteiger partial charge is 0.497 e. The Morgan fingerprint density at radius 3 is 2.26 bits per heavy atom. The maximum atomic E-state index is 13.3. The summed E-state index contributed by atoms with van der Waals surface area (Å²) in [6, 6.07) is 23.5. The van der Waals surface area contributed by atoms with Gasteiger partial charge in [0.2, 0.25) is 0 Å². The molecule has 1 N–H and O–H groups in total. The first-order chi connectivity index (χ1) is 13.2. The summed E-state index contributed by atoms with van der Waals surface area (Å²) in [5.41, 5.74) is 1.75. The molecule has 1 heterocycles. The fourth-order valence-electron chi connectivity index (χ4n) is 3.17. The van der Waals surface area contributed by atoms with Crippen molar-refractivity contribution in [3.63, 3.8) is 0 Å². The predicted octanol–water partition coefficient (Wildman–Crippen LogP) is 4.55. The SMILES string of the molecule is COc1ccc2c(=O)c(C(O)c3ccccc3)c(-c3ccccc3)oc2c1. The number of aliphatic hydroxyl groups is 1. The van der Waals surface area contributed by atoms with Gasteiger partial charge in [-0.15, -0.1) is 0 Å². The van der Waals surface area contributed by atoms with Crippen LogP contribution in [0.4, 0.5) is 0 Å². The third kappa shape index (κ3) is 3.11. The van der Waals surface area contributed by atoms with E-state index >= 15 is 0 Å². The number of benzene rings is 3. The van der Waals surface area contributed by atoms with E-state index in [2.05, 4.69) is 0 Å². The highest BCUT2D eigenvalue weighted by molar-refractivity contribution is 5.82. The summed E-state index contributed by atoms with van der Waals surface area (Å²) >= 11 is 0. The van der Waals surface area contributed by atoms with Crippen LogP contribution in [0.2, 0.25) is 0 Å². The molecule has 1 unspecified atom stereocenters. The average Bonchev–Trinajstić information content (AvgIpc) is 2.74. The van der Waals surface area contributed by atoms with Gasteiger partial charge in [0.15, 0.2) is 5.43 Å². The molecule has 27 heavy (non-hydrogen) atoms. The lowest BCUT2D eigenvalue weighted by Crippen LogP contribution is -2.16. The van der Waals surface area contributed by atoms with Crippen molar-refractivity contribution in [1.82, 2.24) is 0 Å². The second-order valence-corrected chi connectivity index (χ2v) is 6.22. The minimum absolute atomic E-state index is 0.227. The van der Waals surface area contributed by atoms with Gasteiger partial charge < -0.3 is 14.3 Å². The molecule has 3 aromatic carbocycles. The fraction of sp³-hybridized carbons (Fsp3) is 0.0870. The molecular formula is C23H18O4. The fourth-order valence-corrected chi connectivity index (χ4v) is 3.17. The topological polar surface area (TPSA) is 59.7 Å². The van der Waals surface area contributed by atoms with Gasteiger partial charge in [-0.25, -0.2) is 0 Å². The van der Waals surface area contributed by atoms with Gasteiger partial charge in [-0.2, -0.15) is 0 Å². The van der Waals surface area contributed by atoms with Crippen LogP contribution in [0.15, 0.2) is 88.1 Å². The quantitative estimate of drug-likeness (QED) is 0.581. The van der Waals surface area contributed by atoms with Gasteiger partial charge in [-0.3, -0.25) is 4.79 Å². The van der Waals surface area contributed by atoms with E-state index in [9.17, 15) is 9.90 Å². The summed E-state index contributed by atoms with van der Waals surface area (Å²) in [6.45, 7) is 0. The minimum Gasteiger partial charge on any atom is -0.497 e. The second kappa shape index (κ2) is 7.09. The first-order valence-electron chi connectivity index (χ1n) is 8.62. The van der Waals surface area contributed by atoms with Crippen LogP contribution >= 0.6 is 0 Å². The molecule has 0 bridgehead atoms. The normalized spacial score (nSPS) is 12.1. The standard InChI is InChI=1S/C23H18O4/c1-26-17-12-13-18-19(14-17)27-23(16-10-6-3-7-11-16)20(22(18)25)21(24)15-8-4-2-5-9-15/h2-14,21,24H,1H3. The molecule has 1 aromatic heterocycles. The molecule has 4 aromatic rings. The average molecular weight is 358 g/mol. The smallest absolute Gasteiger partial charge is 0.199 e. The van der Waals surface area contributed by atoms with Gasteiger partial charge in [0, 0.05) is 11.6 Å². The highest BCUT2D eigenvalue weighted by Crippen LogP contribution is 2.33. The van der Waals surface area contributed by atoms with Crippen molar-refractivity contribution in [2.45, 2.75) is 6.10 Å². The van der Waals surface area contributed by atoms with Crippen LogP contribution in [0.1, 0.15) is 17.2 Å². The Bertz CT molecular complexity index is 1130. The van der Waals surface area contributed by atoms with Crippen LogP contribution in [0.5, 0.6) is 5.75 Å².